The maximum atomic E-state index is 9.72. The highest BCUT2D eigenvalue weighted by molar-refractivity contribution is 7.27. The summed E-state index contributed by atoms with van der Waals surface area (Å²) in [4.78, 5) is 14.9. The van der Waals surface area contributed by atoms with Crippen molar-refractivity contribution in [1.82, 2.24) is 15.0 Å². The molecule has 4 heterocycles. The fourth-order valence-corrected chi connectivity index (χ4v) is 10.4. The zero-order valence-electron chi connectivity index (χ0n) is 32.5. The summed E-state index contributed by atoms with van der Waals surface area (Å²) >= 11 is 4.52. The quantitative estimate of drug-likeness (QED) is 0.183. The van der Waals surface area contributed by atoms with Gasteiger partial charge in [-0.2, -0.15) is 0 Å². The van der Waals surface area contributed by atoms with E-state index >= 15 is 0 Å². The van der Waals surface area contributed by atoms with Crippen LogP contribution in [0.1, 0.15) is 8.22 Å². The van der Waals surface area contributed by atoms with Crippen LogP contribution in [0.4, 0.5) is 0 Å². The van der Waals surface area contributed by atoms with Gasteiger partial charge in [0.15, 0.2) is 17.5 Å². The first-order valence-corrected chi connectivity index (χ1v) is 18.8. The van der Waals surface area contributed by atoms with Crippen LogP contribution in [0.3, 0.4) is 0 Å². The maximum absolute atomic E-state index is 9.72. The van der Waals surface area contributed by atoms with E-state index in [1.54, 1.807) is 22.7 Å². The fraction of sp³-hybridized carbons (Fsp3) is 0. The van der Waals surface area contributed by atoms with Crippen LogP contribution < -0.4 is 0 Å². The summed E-state index contributed by atoms with van der Waals surface area (Å²) in [5, 5.41) is 4.78. The van der Waals surface area contributed by atoms with Crippen LogP contribution in [-0.4, -0.2) is 15.0 Å². The highest BCUT2D eigenvalue weighted by atomic mass is 32.1. The molecule has 0 bridgehead atoms. The number of hydrogen-bond acceptors (Lipinski definition) is 6. The van der Waals surface area contributed by atoms with Gasteiger partial charge >= 0.3 is 0 Å². The summed E-state index contributed by atoms with van der Waals surface area (Å²) in [5.74, 6) is 0.861. The van der Waals surface area contributed by atoms with Crippen molar-refractivity contribution in [1.29, 1.82) is 0 Å². The average Bonchev–Trinajstić information content (AvgIpc) is 3.95. The van der Waals surface area contributed by atoms with E-state index in [-0.39, 0.29) is 53.0 Å². The zero-order chi connectivity index (χ0) is 38.7. The molecular formula is C45H25N3S3. The second kappa shape index (κ2) is 11.4. The van der Waals surface area contributed by atoms with E-state index < -0.39 is 0 Å². The van der Waals surface area contributed by atoms with Crippen molar-refractivity contribution in [3.05, 3.63) is 152 Å². The Kier molecular flexibility index (Phi) is 5.26. The number of thiophene rings is 3. The average molecular weight is 710 g/mol. The molecule has 11 aromatic rings. The van der Waals surface area contributed by atoms with Gasteiger partial charge in [-0.15, -0.1) is 34.0 Å². The maximum Gasteiger partial charge on any atom is 0.164 e. The predicted octanol–water partition coefficient (Wildman–Crippen LogP) is 13.6. The second-order valence-corrected chi connectivity index (χ2v) is 15.4. The van der Waals surface area contributed by atoms with E-state index in [9.17, 15) is 5.48 Å². The van der Waals surface area contributed by atoms with Crippen molar-refractivity contribution in [2.75, 3.05) is 0 Å². The molecule has 6 heteroatoms. The molecular weight excluding hydrogens is 679 g/mol. The third-order valence-electron chi connectivity index (χ3n) is 9.27. The molecule has 0 aliphatic rings. The van der Waals surface area contributed by atoms with Gasteiger partial charge in [-0.3, -0.25) is 0 Å². The van der Waals surface area contributed by atoms with Crippen LogP contribution in [0.25, 0.3) is 106 Å². The molecule has 0 unspecified atom stereocenters. The Morgan fingerprint density at radius 2 is 1.04 bits per heavy atom. The molecule has 0 saturated carbocycles. The SMILES string of the molecule is [2H]c1c([2H])c([2H])c2c(sc3c([2H])c(-c4nc(-c5ccccc5)nc(-c5cccc6sc7ccccc7c56)n4)c([2H])c([2H])c32)c1-c1cccc2c1sc1ccccc12. The number of nitrogens with zero attached hydrogens (tertiary/aromatic N) is 3. The molecule has 0 atom stereocenters. The van der Waals surface area contributed by atoms with Crippen molar-refractivity contribution < 1.29 is 8.22 Å². The molecule has 0 amide bonds. The standard InChI is InChI=1S/C45H25N3S3/c1-2-11-26(12-3-1)43-46-44(48-45(47-43)35-19-10-22-38-40(35)34-14-5-7-21-37(34)49-38)27-23-24-29-31-16-9-18-33(42(31)51-39(29)25-27)32-17-8-15-30-28-13-4-6-20-36(28)50-41(30)32/h1-25H/i9D,16D,18D,23D,24D,25D. The minimum Gasteiger partial charge on any atom is -0.208 e. The van der Waals surface area contributed by atoms with Gasteiger partial charge in [0.05, 0.1) is 8.22 Å². The Balaban J connectivity index is 1.21. The van der Waals surface area contributed by atoms with E-state index in [4.69, 9.17) is 17.7 Å². The minimum absolute atomic E-state index is 0.0500. The topological polar surface area (TPSA) is 38.7 Å². The Bertz CT molecular complexity index is 3500. The van der Waals surface area contributed by atoms with Gasteiger partial charge in [0, 0.05) is 88.3 Å². The molecule has 3 nitrogen and oxygen atoms in total. The van der Waals surface area contributed by atoms with Gasteiger partial charge in [0.1, 0.15) is 0 Å². The molecule has 7 aromatic carbocycles. The first-order chi connectivity index (χ1) is 27.8. The van der Waals surface area contributed by atoms with Gasteiger partial charge in [0.2, 0.25) is 0 Å². The fourth-order valence-electron chi connectivity index (χ4n) is 6.95. The Labute approximate surface area is 313 Å². The van der Waals surface area contributed by atoms with Crippen LogP contribution in [0.15, 0.2) is 152 Å². The highest BCUT2D eigenvalue weighted by Crippen LogP contribution is 2.46. The molecule has 0 fully saturated rings. The van der Waals surface area contributed by atoms with E-state index in [2.05, 4.69) is 36.4 Å². The first-order valence-electron chi connectivity index (χ1n) is 19.4. The largest absolute Gasteiger partial charge is 0.208 e. The molecule has 238 valence electrons. The van der Waals surface area contributed by atoms with Crippen LogP contribution in [-0.2, 0) is 0 Å². The van der Waals surface area contributed by atoms with Gasteiger partial charge in [-0.1, -0.05) is 127 Å². The second-order valence-electron chi connectivity index (χ2n) is 12.2. The van der Waals surface area contributed by atoms with Crippen molar-refractivity contribution in [2.45, 2.75) is 0 Å². The Morgan fingerprint density at radius 1 is 0.392 bits per heavy atom. The third-order valence-corrected chi connectivity index (χ3v) is 12.7. The van der Waals surface area contributed by atoms with Gasteiger partial charge in [0.25, 0.3) is 0 Å². The van der Waals surface area contributed by atoms with Crippen LogP contribution in [0.2, 0.25) is 0 Å². The molecule has 0 aliphatic heterocycles. The van der Waals surface area contributed by atoms with Crippen molar-refractivity contribution in [2.24, 2.45) is 0 Å². The normalized spacial score (nSPS) is 13.6. The molecule has 4 aromatic heterocycles. The lowest BCUT2D eigenvalue weighted by atomic mass is 10.0. The van der Waals surface area contributed by atoms with Crippen molar-refractivity contribution >= 4 is 94.5 Å². The minimum atomic E-state index is -0.262. The van der Waals surface area contributed by atoms with Crippen LogP contribution in [0.5, 0.6) is 0 Å². The van der Waals surface area contributed by atoms with Gasteiger partial charge < -0.3 is 0 Å². The molecule has 51 heavy (non-hydrogen) atoms. The molecule has 0 N–H and O–H groups in total. The van der Waals surface area contributed by atoms with Crippen LogP contribution in [0, 0.1) is 0 Å². The van der Waals surface area contributed by atoms with E-state index in [1.807, 2.05) is 78.9 Å². The van der Waals surface area contributed by atoms with Gasteiger partial charge in [-0.25, -0.2) is 15.0 Å². The lowest BCUT2D eigenvalue weighted by molar-refractivity contribution is 1.08. The smallest absolute Gasteiger partial charge is 0.164 e. The highest BCUT2D eigenvalue weighted by Gasteiger charge is 2.19. The monoisotopic (exact) mass is 709 g/mol. The molecule has 0 saturated heterocycles. The zero-order valence-corrected chi connectivity index (χ0v) is 29.0. The lowest BCUT2D eigenvalue weighted by Gasteiger charge is -2.09. The molecule has 0 radical (unpaired) electrons. The number of fused-ring (bicyclic) bond motifs is 9. The lowest BCUT2D eigenvalue weighted by Crippen LogP contribution is -2.00. The van der Waals surface area contributed by atoms with E-state index in [0.717, 1.165) is 57.0 Å². The molecule has 0 aliphatic carbocycles. The summed E-state index contributed by atoms with van der Waals surface area (Å²) in [6.45, 7) is 0. The predicted molar refractivity (Wildman–Crippen MR) is 220 cm³/mol. The number of rotatable bonds is 4. The molecule has 0 spiro atoms. The van der Waals surface area contributed by atoms with Crippen molar-refractivity contribution in [3.8, 4) is 45.3 Å². The summed E-state index contributed by atoms with van der Waals surface area (Å²) < 4.78 is 61.1. The van der Waals surface area contributed by atoms with Gasteiger partial charge in [-0.05, 0) is 24.2 Å². The summed E-state index contributed by atoms with van der Waals surface area (Å²) in [6.07, 6.45) is 0. The van der Waals surface area contributed by atoms with E-state index in [0.29, 0.717) is 32.0 Å². The van der Waals surface area contributed by atoms with E-state index in [1.165, 1.54) is 11.3 Å². The number of aromatic nitrogens is 3. The summed E-state index contributed by atoms with van der Waals surface area (Å²) in [5.41, 5.74) is 2.86. The third kappa shape index (κ3) is 4.58. The Morgan fingerprint density at radius 3 is 1.92 bits per heavy atom. The summed E-state index contributed by atoms with van der Waals surface area (Å²) in [6, 6.07) is 36.8. The molecule has 11 rings (SSSR count). The number of hydrogen-bond donors (Lipinski definition) is 0. The van der Waals surface area contributed by atoms with Crippen molar-refractivity contribution in [3.63, 3.8) is 0 Å². The summed E-state index contributed by atoms with van der Waals surface area (Å²) in [7, 11) is 0. The van der Waals surface area contributed by atoms with Crippen LogP contribution >= 0.6 is 34.0 Å². The first kappa shape index (κ1) is 23.6. The Hall–Kier alpha value is -5.79. The number of benzene rings is 7.